The van der Waals surface area contributed by atoms with E-state index in [1.807, 2.05) is 0 Å². The van der Waals surface area contributed by atoms with E-state index in [4.69, 9.17) is 4.74 Å². The Hall–Kier alpha value is -1.66. The lowest BCUT2D eigenvalue weighted by Gasteiger charge is -2.22. The summed E-state index contributed by atoms with van der Waals surface area (Å²) in [5.41, 5.74) is 0. The molecule has 0 aromatic rings. The van der Waals surface area contributed by atoms with Gasteiger partial charge in [0.15, 0.2) is 0 Å². The molecule has 1 amide bonds. The first kappa shape index (κ1) is 55.3. The van der Waals surface area contributed by atoms with Crippen LogP contribution in [0, 0.1) is 0 Å². The number of nitrogens with one attached hydrogen (secondary N) is 1. The zero-order valence-corrected chi connectivity index (χ0v) is 38.1. The van der Waals surface area contributed by atoms with Crippen molar-refractivity contribution in [3.63, 3.8) is 0 Å². The molecule has 0 bridgehead atoms. The number of hydrogen-bond donors (Lipinski definition) is 3. The Bertz CT molecular complexity index is 889. The highest BCUT2D eigenvalue weighted by Crippen LogP contribution is 2.16. The lowest BCUT2D eigenvalue weighted by Crippen LogP contribution is -2.45. The Kier molecular flexibility index (Phi) is 45.7. The van der Waals surface area contributed by atoms with E-state index in [1.54, 1.807) is 0 Å². The van der Waals surface area contributed by atoms with Crippen molar-refractivity contribution in [2.45, 2.75) is 276 Å². The van der Waals surface area contributed by atoms with E-state index >= 15 is 0 Å². The van der Waals surface area contributed by atoms with Crippen molar-refractivity contribution in [1.82, 2.24) is 5.32 Å². The van der Waals surface area contributed by atoms with Crippen LogP contribution in [0.3, 0.4) is 0 Å². The molecule has 0 aliphatic rings. The van der Waals surface area contributed by atoms with Crippen molar-refractivity contribution in [3.05, 3.63) is 24.3 Å². The van der Waals surface area contributed by atoms with Crippen molar-refractivity contribution < 1.29 is 24.5 Å². The minimum Gasteiger partial charge on any atom is -0.466 e. The summed E-state index contributed by atoms with van der Waals surface area (Å²) in [5, 5.41) is 23.0. The summed E-state index contributed by atoms with van der Waals surface area (Å²) in [6.07, 6.45) is 54.3. The van der Waals surface area contributed by atoms with Crippen LogP contribution in [0.2, 0.25) is 0 Å². The first-order chi connectivity index (χ1) is 28.0. The molecule has 3 N–H and O–H groups in total. The SMILES string of the molecule is CCCCC/C=C\C/C=C\CCCCCCCCCCCC(=O)OCCCCCCCCCCCCCCC(=O)NC(CO)C(O)CCCCCCCCCCC. The van der Waals surface area contributed by atoms with E-state index in [0.29, 0.717) is 25.9 Å². The van der Waals surface area contributed by atoms with Crippen molar-refractivity contribution >= 4 is 11.9 Å². The second kappa shape index (κ2) is 47.0. The molecule has 0 fully saturated rings. The first-order valence-corrected chi connectivity index (χ1v) is 25.1. The van der Waals surface area contributed by atoms with Gasteiger partial charge in [-0.1, -0.05) is 218 Å². The Labute approximate surface area is 354 Å². The molecule has 6 nitrogen and oxygen atoms in total. The summed E-state index contributed by atoms with van der Waals surface area (Å²) in [6.45, 7) is 4.87. The third kappa shape index (κ3) is 43.7. The molecular formula is C51H97NO5. The van der Waals surface area contributed by atoms with Crippen LogP contribution in [0.15, 0.2) is 24.3 Å². The quantitative estimate of drug-likeness (QED) is 0.0324. The van der Waals surface area contributed by atoms with E-state index < -0.39 is 12.1 Å². The second-order valence-corrected chi connectivity index (χ2v) is 17.1. The molecule has 2 atom stereocenters. The molecule has 0 aliphatic heterocycles. The van der Waals surface area contributed by atoms with Crippen LogP contribution in [0.25, 0.3) is 0 Å². The van der Waals surface area contributed by atoms with E-state index in [9.17, 15) is 19.8 Å². The molecule has 0 aromatic carbocycles. The second-order valence-electron chi connectivity index (χ2n) is 17.1. The smallest absolute Gasteiger partial charge is 0.305 e. The molecule has 0 spiro atoms. The number of allylic oxidation sites excluding steroid dienone is 4. The first-order valence-electron chi connectivity index (χ1n) is 25.1. The average molecular weight is 804 g/mol. The lowest BCUT2D eigenvalue weighted by molar-refractivity contribution is -0.143. The topological polar surface area (TPSA) is 95.9 Å². The van der Waals surface area contributed by atoms with Crippen LogP contribution in [0.1, 0.15) is 264 Å². The Morgan fingerprint density at radius 2 is 0.877 bits per heavy atom. The van der Waals surface area contributed by atoms with E-state index in [1.165, 1.54) is 167 Å². The van der Waals surface area contributed by atoms with Crippen LogP contribution >= 0.6 is 0 Å². The zero-order chi connectivity index (χ0) is 41.5. The number of hydrogen-bond acceptors (Lipinski definition) is 5. The van der Waals surface area contributed by atoms with Gasteiger partial charge in [-0.3, -0.25) is 9.59 Å². The van der Waals surface area contributed by atoms with Crippen LogP contribution in [0.5, 0.6) is 0 Å². The predicted octanol–water partition coefficient (Wildman–Crippen LogP) is 14.7. The number of carbonyl (C=O) groups excluding carboxylic acids is 2. The van der Waals surface area contributed by atoms with Gasteiger partial charge >= 0.3 is 5.97 Å². The van der Waals surface area contributed by atoms with Crippen LogP contribution < -0.4 is 5.32 Å². The fraction of sp³-hybridized carbons (Fsp3) is 0.882. The number of aliphatic hydroxyl groups excluding tert-OH is 2. The van der Waals surface area contributed by atoms with Crippen molar-refractivity contribution in [1.29, 1.82) is 0 Å². The fourth-order valence-corrected chi connectivity index (χ4v) is 7.61. The summed E-state index contributed by atoms with van der Waals surface area (Å²) >= 11 is 0. The summed E-state index contributed by atoms with van der Waals surface area (Å²) in [6, 6.07) is -0.551. The van der Waals surface area contributed by atoms with Gasteiger partial charge in [-0.2, -0.15) is 0 Å². The summed E-state index contributed by atoms with van der Waals surface area (Å²) < 4.78 is 5.47. The maximum Gasteiger partial charge on any atom is 0.305 e. The van der Waals surface area contributed by atoms with E-state index in [0.717, 1.165) is 64.2 Å². The summed E-state index contributed by atoms with van der Waals surface area (Å²) in [7, 11) is 0. The largest absolute Gasteiger partial charge is 0.466 e. The predicted molar refractivity (Wildman–Crippen MR) is 246 cm³/mol. The molecule has 6 heteroatoms. The van der Waals surface area contributed by atoms with Gasteiger partial charge in [0.05, 0.1) is 25.4 Å². The highest BCUT2D eigenvalue weighted by atomic mass is 16.5. The number of unbranched alkanes of at least 4 members (excludes halogenated alkanes) is 31. The van der Waals surface area contributed by atoms with Crippen LogP contribution in [-0.4, -0.2) is 47.4 Å². The molecular weight excluding hydrogens is 707 g/mol. The molecule has 0 saturated carbocycles. The van der Waals surface area contributed by atoms with Gasteiger partial charge in [0, 0.05) is 12.8 Å². The third-order valence-electron chi connectivity index (χ3n) is 11.5. The van der Waals surface area contributed by atoms with Gasteiger partial charge in [0.2, 0.25) is 5.91 Å². The number of ether oxygens (including phenoxy) is 1. The van der Waals surface area contributed by atoms with Crippen LogP contribution in [0.4, 0.5) is 0 Å². The molecule has 0 heterocycles. The standard InChI is InChI=1S/C51H97NO5/c1-3-5-7-9-11-13-14-15-16-17-18-19-20-21-25-29-33-37-41-45-51(56)57-46-42-38-34-30-26-23-22-24-28-32-36-40-44-50(55)52-48(47-53)49(54)43-39-35-31-27-12-10-8-6-4-2/h11,13,15-16,48-49,53-54H,3-10,12,14,17-47H2,1-2H3,(H,52,55)/b13-11-,16-15-. The molecule has 0 saturated heterocycles. The van der Waals surface area contributed by atoms with Crippen LogP contribution in [-0.2, 0) is 14.3 Å². The minimum absolute atomic E-state index is 0.0136. The maximum absolute atomic E-state index is 12.4. The van der Waals surface area contributed by atoms with Gasteiger partial charge in [0.25, 0.3) is 0 Å². The molecule has 0 rings (SSSR count). The third-order valence-corrected chi connectivity index (χ3v) is 11.5. The van der Waals surface area contributed by atoms with Gasteiger partial charge in [-0.25, -0.2) is 0 Å². The van der Waals surface area contributed by atoms with E-state index in [2.05, 4.69) is 43.5 Å². The normalized spacial score (nSPS) is 12.8. The number of amides is 1. The highest BCUT2D eigenvalue weighted by molar-refractivity contribution is 5.76. The number of esters is 1. The molecule has 0 aromatic heterocycles. The monoisotopic (exact) mass is 804 g/mol. The molecule has 0 aliphatic carbocycles. The summed E-state index contributed by atoms with van der Waals surface area (Å²) in [4.78, 5) is 24.4. The van der Waals surface area contributed by atoms with Crippen molar-refractivity contribution in [2.24, 2.45) is 0 Å². The number of carbonyl (C=O) groups is 2. The Balaban J connectivity index is 3.42. The molecule has 336 valence electrons. The Morgan fingerprint density at radius 1 is 0.491 bits per heavy atom. The molecule has 2 unspecified atom stereocenters. The maximum atomic E-state index is 12.4. The number of aliphatic hydroxyl groups is 2. The fourth-order valence-electron chi connectivity index (χ4n) is 7.61. The van der Waals surface area contributed by atoms with Crippen molar-refractivity contribution in [2.75, 3.05) is 13.2 Å². The lowest BCUT2D eigenvalue weighted by atomic mass is 10.0. The van der Waals surface area contributed by atoms with Crippen molar-refractivity contribution in [3.8, 4) is 0 Å². The Morgan fingerprint density at radius 3 is 1.37 bits per heavy atom. The van der Waals surface area contributed by atoms with Gasteiger partial charge < -0.3 is 20.3 Å². The molecule has 0 radical (unpaired) electrons. The van der Waals surface area contributed by atoms with E-state index in [-0.39, 0.29) is 18.5 Å². The van der Waals surface area contributed by atoms with Gasteiger partial charge in [-0.05, 0) is 57.8 Å². The number of rotatable bonds is 46. The zero-order valence-electron chi connectivity index (χ0n) is 38.1. The van der Waals surface area contributed by atoms with Gasteiger partial charge in [0.1, 0.15) is 0 Å². The van der Waals surface area contributed by atoms with Gasteiger partial charge in [-0.15, -0.1) is 0 Å². The molecule has 57 heavy (non-hydrogen) atoms. The minimum atomic E-state index is -0.672. The highest BCUT2D eigenvalue weighted by Gasteiger charge is 2.20. The average Bonchev–Trinajstić information content (AvgIpc) is 3.21. The summed E-state index contributed by atoms with van der Waals surface area (Å²) in [5.74, 6) is -0.0672.